The molecule has 3 rings (SSSR count). The zero-order valence-corrected chi connectivity index (χ0v) is 10.5. The number of rotatable bonds is 3. The lowest BCUT2D eigenvalue weighted by Crippen LogP contribution is -1.94. The number of hydrogen-bond acceptors (Lipinski definition) is 3. The number of benzene rings is 2. The van der Waals surface area contributed by atoms with Gasteiger partial charge in [0.15, 0.2) is 5.58 Å². The summed E-state index contributed by atoms with van der Waals surface area (Å²) in [5.41, 5.74) is 2.71. The Morgan fingerprint density at radius 1 is 1.05 bits per heavy atom. The molecule has 0 fully saturated rings. The summed E-state index contributed by atoms with van der Waals surface area (Å²) in [6.07, 6.45) is 3.59. The third-order valence-corrected chi connectivity index (χ3v) is 2.89. The fourth-order valence-electron chi connectivity index (χ4n) is 1.87. The van der Waals surface area contributed by atoms with E-state index >= 15 is 0 Å². The van der Waals surface area contributed by atoms with Crippen molar-refractivity contribution in [2.45, 2.75) is 0 Å². The number of fused-ring (bicyclic) bond motifs is 1. The second kappa shape index (κ2) is 5.01. The smallest absolute Gasteiger partial charge is 0.335 e. The molecule has 1 heterocycles. The largest absolute Gasteiger partial charge is 0.478 e. The molecule has 4 heteroatoms. The molecule has 98 valence electrons. The lowest BCUT2D eigenvalue weighted by atomic mass is 10.1. The zero-order valence-electron chi connectivity index (χ0n) is 10.5. The minimum atomic E-state index is -0.931. The molecule has 1 N–H and O–H groups in total. The summed E-state index contributed by atoms with van der Waals surface area (Å²) in [5, 5.41) is 8.82. The Morgan fingerprint density at radius 2 is 1.80 bits per heavy atom. The number of para-hydroxylation sites is 2. The van der Waals surface area contributed by atoms with Crippen molar-refractivity contribution in [1.29, 1.82) is 0 Å². The molecular weight excluding hydrogens is 254 g/mol. The molecule has 0 amide bonds. The Morgan fingerprint density at radius 3 is 2.50 bits per heavy atom. The number of hydrogen-bond donors (Lipinski definition) is 1. The monoisotopic (exact) mass is 265 g/mol. The van der Waals surface area contributed by atoms with E-state index in [9.17, 15) is 4.79 Å². The number of carbonyl (C=O) groups is 1. The van der Waals surface area contributed by atoms with Crippen molar-refractivity contribution < 1.29 is 14.3 Å². The van der Waals surface area contributed by atoms with E-state index in [0.717, 1.165) is 16.7 Å². The van der Waals surface area contributed by atoms with E-state index in [2.05, 4.69) is 4.98 Å². The van der Waals surface area contributed by atoms with Gasteiger partial charge in [-0.3, -0.25) is 0 Å². The molecule has 0 unspecified atom stereocenters. The number of carboxylic acids is 1. The van der Waals surface area contributed by atoms with Gasteiger partial charge < -0.3 is 9.52 Å². The van der Waals surface area contributed by atoms with Crippen molar-refractivity contribution in [1.82, 2.24) is 4.98 Å². The van der Waals surface area contributed by atoms with Gasteiger partial charge in [0.1, 0.15) is 5.52 Å². The minimum Gasteiger partial charge on any atom is -0.478 e. The summed E-state index contributed by atoms with van der Waals surface area (Å²) in [6.45, 7) is 0. The van der Waals surface area contributed by atoms with E-state index in [-0.39, 0.29) is 5.56 Å². The molecule has 0 aliphatic carbocycles. The summed E-state index contributed by atoms with van der Waals surface area (Å²) in [6, 6.07) is 14.2. The molecule has 2 aromatic carbocycles. The zero-order chi connectivity index (χ0) is 13.9. The van der Waals surface area contributed by atoms with Crippen molar-refractivity contribution in [3.8, 4) is 0 Å². The average Bonchev–Trinajstić information content (AvgIpc) is 2.88. The van der Waals surface area contributed by atoms with Crippen molar-refractivity contribution in [2.24, 2.45) is 0 Å². The predicted octanol–water partition coefficient (Wildman–Crippen LogP) is 3.70. The van der Waals surface area contributed by atoms with Crippen molar-refractivity contribution in [2.75, 3.05) is 0 Å². The summed E-state index contributed by atoms with van der Waals surface area (Å²) >= 11 is 0. The van der Waals surface area contributed by atoms with E-state index in [4.69, 9.17) is 9.52 Å². The quantitative estimate of drug-likeness (QED) is 0.784. The molecule has 0 aliphatic rings. The van der Waals surface area contributed by atoms with Gasteiger partial charge in [0.25, 0.3) is 0 Å². The number of carboxylic acid groups (broad SMARTS) is 1. The highest BCUT2D eigenvalue weighted by Gasteiger charge is 2.02. The topological polar surface area (TPSA) is 63.3 Å². The average molecular weight is 265 g/mol. The number of aromatic nitrogens is 1. The van der Waals surface area contributed by atoms with Gasteiger partial charge in [-0.05, 0) is 35.9 Å². The molecule has 0 bridgehead atoms. The molecule has 0 aliphatic heterocycles. The fraction of sp³-hybridized carbons (Fsp3) is 0. The van der Waals surface area contributed by atoms with Crippen LogP contribution < -0.4 is 0 Å². The molecule has 4 nitrogen and oxygen atoms in total. The standard InChI is InChI=1S/C16H11NO3/c18-16(19)12-8-5-11(6-9-12)7-10-15-17-13-3-1-2-4-14(13)20-15/h1-10H,(H,18,19)/b10-7+. The van der Waals surface area contributed by atoms with Crippen LogP contribution in [0, 0.1) is 0 Å². The Bertz CT molecular complexity index is 752. The summed E-state index contributed by atoms with van der Waals surface area (Å²) in [4.78, 5) is 15.1. The SMILES string of the molecule is O=C(O)c1ccc(/C=C/c2nc3ccccc3o2)cc1. The van der Waals surface area contributed by atoms with Gasteiger partial charge in [-0.25, -0.2) is 9.78 Å². The molecule has 0 atom stereocenters. The van der Waals surface area contributed by atoms with Crippen LogP contribution in [0.3, 0.4) is 0 Å². The molecule has 1 aromatic heterocycles. The lowest BCUT2D eigenvalue weighted by molar-refractivity contribution is 0.0697. The third kappa shape index (κ3) is 2.44. The van der Waals surface area contributed by atoms with Crippen LogP contribution in [0.5, 0.6) is 0 Å². The second-order valence-electron chi connectivity index (χ2n) is 4.28. The summed E-state index contributed by atoms with van der Waals surface area (Å²) in [5.74, 6) is -0.409. The molecule has 0 saturated heterocycles. The lowest BCUT2D eigenvalue weighted by Gasteiger charge is -1.95. The predicted molar refractivity (Wildman–Crippen MR) is 76.3 cm³/mol. The van der Waals surface area contributed by atoms with Gasteiger partial charge in [-0.15, -0.1) is 0 Å². The Labute approximate surface area is 115 Å². The minimum absolute atomic E-state index is 0.268. The van der Waals surface area contributed by atoms with Crippen LogP contribution in [0.4, 0.5) is 0 Å². The summed E-state index contributed by atoms with van der Waals surface area (Å²) < 4.78 is 5.56. The Kier molecular flexibility index (Phi) is 3.05. The second-order valence-corrected chi connectivity index (χ2v) is 4.28. The molecular formula is C16H11NO3. The van der Waals surface area contributed by atoms with Crippen molar-refractivity contribution in [3.05, 3.63) is 65.5 Å². The third-order valence-electron chi connectivity index (χ3n) is 2.89. The highest BCUT2D eigenvalue weighted by molar-refractivity contribution is 5.88. The first-order valence-corrected chi connectivity index (χ1v) is 6.09. The molecule has 3 aromatic rings. The van der Waals surface area contributed by atoms with Gasteiger partial charge >= 0.3 is 5.97 Å². The van der Waals surface area contributed by atoms with Gasteiger partial charge in [-0.2, -0.15) is 0 Å². The van der Waals surface area contributed by atoms with Crippen LogP contribution in [0.15, 0.2) is 52.9 Å². The number of aromatic carboxylic acids is 1. The highest BCUT2D eigenvalue weighted by Crippen LogP contribution is 2.16. The molecule has 0 radical (unpaired) electrons. The van der Waals surface area contributed by atoms with Crippen molar-refractivity contribution in [3.63, 3.8) is 0 Å². The van der Waals surface area contributed by atoms with E-state index in [1.807, 2.05) is 30.3 Å². The molecule has 0 spiro atoms. The van der Waals surface area contributed by atoms with Crippen LogP contribution in [0.2, 0.25) is 0 Å². The van der Waals surface area contributed by atoms with E-state index < -0.39 is 5.97 Å². The maximum Gasteiger partial charge on any atom is 0.335 e. The maximum absolute atomic E-state index is 10.7. The Balaban J connectivity index is 1.84. The first kappa shape index (κ1) is 12.2. The van der Waals surface area contributed by atoms with Crippen LogP contribution in [-0.2, 0) is 0 Å². The maximum atomic E-state index is 10.7. The number of oxazole rings is 1. The fourth-order valence-corrected chi connectivity index (χ4v) is 1.87. The Hall–Kier alpha value is -2.88. The normalized spacial score (nSPS) is 11.2. The molecule has 0 saturated carbocycles. The van der Waals surface area contributed by atoms with Crippen LogP contribution in [0.1, 0.15) is 21.8 Å². The first-order valence-electron chi connectivity index (χ1n) is 6.09. The highest BCUT2D eigenvalue weighted by atomic mass is 16.4. The number of nitrogens with zero attached hydrogens (tertiary/aromatic N) is 1. The summed E-state index contributed by atoms with van der Waals surface area (Å²) in [7, 11) is 0. The first-order chi connectivity index (χ1) is 9.72. The van der Waals surface area contributed by atoms with E-state index in [1.165, 1.54) is 0 Å². The van der Waals surface area contributed by atoms with Crippen molar-refractivity contribution >= 4 is 29.2 Å². The van der Waals surface area contributed by atoms with Crippen LogP contribution in [0.25, 0.3) is 23.3 Å². The van der Waals surface area contributed by atoms with Gasteiger partial charge in [-0.1, -0.05) is 24.3 Å². The van der Waals surface area contributed by atoms with Crippen LogP contribution >= 0.6 is 0 Å². The molecule has 20 heavy (non-hydrogen) atoms. The van der Waals surface area contributed by atoms with E-state index in [0.29, 0.717) is 5.89 Å². The van der Waals surface area contributed by atoms with Gasteiger partial charge in [0, 0.05) is 6.08 Å². The van der Waals surface area contributed by atoms with Crippen LogP contribution in [-0.4, -0.2) is 16.1 Å². The van der Waals surface area contributed by atoms with E-state index in [1.54, 1.807) is 30.3 Å². The van der Waals surface area contributed by atoms with Gasteiger partial charge in [0.2, 0.25) is 5.89 Å². The van der Waals surface area contributed by atoms with Gasteiger partial charge in [0.05, 0.1) is 5.56 Å².